The molecule has 1 fully saturated rings. The van der Waals surface area contributed by atoms with Crippen LogP contribution in [0.3, 0.4) is 0 Å². The van der Waals surface area contributed by atoms with Gasteiger partial charge in [0.05, 0.1) is 6.54 Å². The van der Waals surface area contributed by atoms with E-state index in [0.29, 0.717) is 18.3 Å². The highest BCUT2D eigenvalue weighted by molar-refractivity contribution is 14.0. The third kappa shape index (κ3) is 4.52. The summed E-state index contributed by atoms with van der Waals surface area (Å²) < 4.78 is 4.96. The van der Waals surface area contributed by atoms with Crippen molar-refractivity contribution < 1.29 is 4.52 Å². The first kappa shape index (κ1) is 18.4. The number of hydrogen-bond acceptors (Lipinski definition) is 7. The first-order chi connectivity index (χ1) is 11.3. The molecule has 1 aliphatic heterocycles. The van der Waals surface area contributed by atoms with E-state index in [-0.39, 0.29) is 24.0 Å². The van der Waals surface area contributed by atoms with Gasteiger partial charge >= 0.3 is 0 Å². The lowest BCUT2D eigenvalue weighted by atomic mass is 10.3. The van der Waals surface area contributed by atoms with Crippen molar-refractivity contribution in [3.05, 3.63) is 30.2 Å². The van der Waals surface area contributed by atoms with Gasteiger partial charge in [0.15, 0.2) is 11.8 Å². The molecule has 130 valence electrons. The number of nitrogens with one attached hydrogen (secondary N) is 1. The molecule has 0 amide bonds. The average Bonchev–Trinajstić information content (AvgIpc) is 3.02. The number of hydrogen-bond donors (Lipinski definition) is 1. The summed E-state index contributed by atoms with van der Waals surface area (Å²) in [5.74, 6) is 2.80. The quantitative estimate of drug-likeness (QED) is 0.420. The van der Waals surface area contributed by atoms with Crippen LogP contribution < -0.4 is 10.2 Å². The van der Waals surface area contributed by atoms with E-state index in [1.165, 1.54) is 0 Å². The third-order valence-corrected chi connectivity index (χ3v) is 3.60. The Labute approximate surface area is 157 Å². The molecular formula is C14H21IN8O. The van der Waals surface area contributed by atoms with Crippen LogP contribution in [-0.4, -0.2) is 64.2 Å². The summed E-state index contributed by atoms with van der Waals surface area (Å²) in [7, 11) is 1.77. The van der Waals surface area contributed by atoms with E-state index in [9.17, 15) is 0 Å². The molecule has 0 aromatic carbocycles. The largest absolute Gasteiger partial charge is 0.349 e. The lowest BCUT2D eigenvalue weighted by Gasteiger charge is -2.36. The van der Waals surface area contributed by atoms with Gasteiger partial charge in [0.25, 0.3) is 0 Å². The molecular weight excluding hydrogens is 423 g/mol. The molecule has 2 aromatic rings. The molecule has 0 aliphatic carbocycles. The average molecular weight is 444 g/mol. The van der Waals surface area contributed by atoms with Crippen molar-refractivity contribution in [3.8, 4) is 0 Å². The molecule has 0 spiro atoms. The van der Waals surface area contributed by atoms with E-state index in [2.05, 4.69) is 40.2 Å². The minimum absolute atomic E-state index is 0. The highest BCUT2D eigenvalue weighted by atomic mass is 127. The molecule has 24 heavy (non-hydrogen) atoms. The number of guanidine groups is 1. The number of aryl methyl sites for hydroxylation is 1. The molecule has 1 N–H and O–H groups in total. The number of anilines is 1. The molecule has 1 aliphatic rings. The van der Waals surface area contributed by atoms with Gasteiger partial charge in [-0.1, -0.05) is 5.16 Å². The van der Waals surface area contributed by atoms with Crippen molar-refractivity contribution in [1.82, 2.24) is 30.3 Å². The van der Waals surface area contributed by atoms with Crippen LogP contribution in [0, 0.1) is 6.92 Å². The zero-order valence-electron chi connectivity index (χ0n) is 13.7. The summed E-state index contributed by atoms with van der Waals surface area (Å²) >= 11 is 0. The predicted molar refractivity (Wildman–Crippen MR) is 100 cm³/mol. The van der Waals surface area contributed by atoms with E-state index >= 15 is 0 Å². The molecule has 9 nitrogen and oxygen atoms in total. The summed E-state index contributed by atoms with van der Waals surface area (Å²) in [5, 5.41) is 7.14. The van der Waals surface area contributed by atoms with E-state index < -0.39 is 0 Å². The fourth-order valence-electron chi connectivity index (χ4n) is 2.48. The topological polar surface area (TPSA) is 95.6 Å². The summed E-state index contributed by atoms with van der Waals surface area (Å²) in [6.07, 6.45) is 3.53. The Kier molecular flexibility index (Phi) is 6.70. The normalized spacial score (nSPS) is 15.2. The standard InChI is InChI=1S/C14H20N8O.HI/c1-11-19-12(20-23-11)10-18-13(15-2)21-6-8-22(9-7-21)14-16-4-3-5-17-14;/h3-5H,6-10H2,1-2H3,(H,15,18);1H. The van der Waals surface area contributed by atoms with Crippen LogP contribution in [-0.2, 0) is 6.54 Å². The van der Waals surface area contributed by atoms with Crippen molar-refractivity contribution in [2.75, 3.05) is 38.1 Å². The van der Waals surface area contributed by atoms with Gasteiger partial charge in [-0.05, 0) is 6.07 Å². The summed E-state index contributed by atoms with van der Waals surface area (Å²) in [6.45, 7) is 5.67. The smallest absolute Gasteiger partial charge is 0.225 e. The second kappa shape index (κ2) is 8.76. The Balaban J connectivity index is 0.00000208. The summed E-state index contributed by atoms with van der Waals surface area (Å²) in [4.78, 5) is 21.5. The number of aromatic nitrogens is 4. The summed E-state index contributed by atoms with van der Waals surface area (Å²) in [6, 6.07) is 1.82. The van der Waals surface area contributed by atoms with Crippen molar-refractivity contribution >= 4 is 35.9 Å². The Morgan fingerprint density at radius 1 is 1.25 bits per heavy atom. The van der Waals surface area contributed by atoms with Crippen LogP contribution in [0.4, 0.5) is 5.95 Å². The molecule has 2 aromatic heterocycles. The van der Waals surface area contributed by atoms with E-state index in [1.807, 2.05) is 6.07 Å². The Bertz CT molecular complexity index is 654. The van der Waals surface area contributed by atoms with Gasteiger partial charge in [-0.2, -0.15) is 4.98 Å². The lowest BCUT2D eigenvalue weighted by molar-refractivity contribution is 0.367. The molecule has 0 atom stereocenters. The molecule has 0 saturated carbocycles. The first-order valence-electron chi connectivity index (χ1n) is 7.53. The van der Waals surface area contributed by atoms with Crippen LogP contribution in [0.5, 0.6) is 0 Å². The molecule has 0 bridgehead atoms. The van der Waals surface area contributed by atoms with Gasteiger partial charge in [0.2, 0.25) is 11.8 Å². The number of nitrogens with zero attached hydrogens (tertiary/aromatic N) is 7. The Morgan fingerprint density at radius 3 is 2.54 bits per heavy atom. The van der Waals surface area contributed by atoms with Crippen LogP contribution in [0.25, 0.3) is 0 Å². The maximum atomic E-state index is 4.96. The maximum Gasteiger partial charge on any atom is 0.225 e. The molecule has 10 heteroatoms. The molecule has 3 rings (SSSR count). The lowest BCUT2D eigenvalue weighted by Crippen LogP contribution is -2.52. The third-order valence-electron chi connectivity index (χ3n) is 3.60. The SMILES string of the molecule is CN=C(NCc1noc(C)n1)N1CCN(c2ncccn2)CC1.I. The van der Waals surface area contributed by atoms with Gasteiger partial charge in [-0.15, -0.1) is 24.0 Å². The highest BCUT2D eigenvalue weighted by Gasteiger charge is 2.21. The number of halogens is 1. The van der Waals surface area contributed by atoms with E-state index in [1.54, 1.807) is 26.4 Å². The molecule has 0 unspecified atom stereocenters. The maximum absolute atomic E-state index is 4.96. The van der Waals surface area contributed by atoms with Crippen LogP contribution in [0.1, 0.15) is 11.7 Å². The van der Waals surface area contributed by atoms with Gasteiger partial charge in [0.1, 0.15) is 0 Å². The van der Waals surface area contributed by atoms with Gasteiger partial charge in [-0.25, -0.2) is 9.97 Å². The molecule has 1 saturated heterocycles. The minimum Gasteiger partial charge on any atom is -0.349 e. The van der Waals surface area contributed by atoms with Crippen molar-refractivity contribution in [3.63, 3.8) is 0 Å². The van der Waals surface area contributed by atoms with Crippen LogP contribution in [0.2, 0.25) is 0 Å². The van der Waals surface area contributed by atoms with E-state index in [4.69, 9.17) is 4.52 Å². The Hall–Kier alpha value is -1.98. The monoisotopic (exact) mass is 444 g/mol. The second-order valence-electron chi connectivity index (χ2n) is 5.15. The fraction of sp³-hybridized carbons (Fsp3) is 0.500. The minimum atomic E-state index is 0. The van der Waals surface area contributed by atoms with Crippen molar-refractivity contribution in [2.45, 2.75) is 13.5 Å². The first-order valence-corrected chi connectivity index (χ1v) is 7.53. The zero-order chi connectivity index (χ0) is 16.1. The number of aliphatic imine (C=N–C) groups is 1. The molecule has 3 heterocycles. The van der Waals surface area contributed by atoms with Crippen LogP contribution >= 0.6 is 24.0 Å². The van der Waals surface area contributed by atoms with Crippen molar-refractivity contribution in [1.29, 1.82) is 0 Å². The van der Waals surface area contributed by atoms with Crippen molar-refractivity contribution in [2.24, 2.45) is 4.99 Å². The highest BCUT2D eigenvalue weighted by Crippen LogP contribution is 2.09. The number of piperazine rings is 1. The zero-order valence-corrected chi connectivity index (χ0v) is 16.0. The van der Waals surface area contributed by atoms with E-state index in [0.717, 1.165) is 38.1 Å². The van der Waals surface area contributed by atoms with Gasteiger partial charge in [-0.3, -0.25) is 4.99 Å². The van der Waals surface area contributed by atoms with Crippen LogP contribution in [0.15, 0.2) is 28.0 Å². The van der Waals surface area contributed by atoms with Gasteiger partial charge < -0.3 is 19.6 Å². The number of rotatable bonds is 3. The Morgan fingerprint density at radius 2 is 1.96 bits per heavy atom. The fourth-order valence-corrected chi connectivity index (χ4v) is 2.48. The predicted octanol–water partition coefficient (Wildman–Crippen LogP) is 0.684. The second-order valence-corrected chi connectivity index (χ2v) is 5.15. The summed E-state index contributed by atoms with van der Waals surface area (Å²) in [5.41, 5.74) is 0. The molecule has 0 radical (unpaired) electrons. The van der Waals surface area contributed by atoms with Gasteiger partial charge in [0, 0.05) is 52.5 Å².